The molecule has 0 aromatic heterocycles. The molecule has 0 aliphatic carbocycles. The third kappa shape index (κ3) is 4.79. The van der Waals surface area contributed by atoms with Crippen molar-refractivity contribution in [3.8, 4) is 5.75 Å². The van der Waals surface area contributed by atoms with Crippen LogP contribution >= 0.6 is 24.0 Å². The number of carbonyl (C=O) groups excluding carboxylic acids is 2. The summed E-state index contributed by atoms with van der Waals surface area (Å²) in [6, 6.07) is 3.81. The summed E-state index contributed by atoms with van der Waals surface area (Å²) in [5.41, 5.74) is -0.0646. The smallest absolute Gasteiger partial charge is 0.311 e. The Kier molecular flexibility index (Phi) is 6.70. The number of phenols is 1. The summed E-state index contributed by atoms with van der Waals surface area (Å²) in [6.07, 6.45) is 2.21. The van der Waals surface area contributed by atoms with E-state index in [1.54, 1.807) is 0 Å². The second kappa shape index (κ2) is 8.77. The molecule has 1 amide bonds. The van der Waals surface area contributed by atoms with Gasteiger partial charge in [0.15, 0.2) is 5.75 Å². The van der Waals surface area contributed by atoms with Crippen molar-refractivity contribution in [1.82, 2.24) is 4.90 Å². The van der Waals surface area contributed by atoms with Crippen molar-refractivity contribution in [2.24, 2.45) is 0 Å². The Hall–Kier alpha value is -2.46. The molecule has 0 atom stereocenters. The fourth-order valence-corrected chi connectivity index (χ4v) is 3.42. The Morgan fingerprint density at radius 2 is 2.23 bits per heavy atom. The van der Waals surface area contributed by atoms with E-state index in [0.717, 1.165) is 11.8 Å². The normalized spacial score (nSPS) is 15.6. The predicted molar refractivity (Wildman–Crippen MR) is 101 cm³/mol. The molecule has 0 bridgehead atoms. The maximum atomic E-state index is 12.4. The number of nitrogens with zero attached hydrogens (tertiary/aromatic N) is 2. The summed E-state index contributed by atoms with van der Waals surface area (Å²) in [6.45, 7) is 2.32. The molecule has 1 aliphatic heterocycles. The van der Waals surface area contributed by atoms with E-state index in [1.165, 1.54) is 29.2 Å². The molecule has 1 aliphatic rings. The third-order valence-electron chi connectivity index (χ3n) is 3.37. The highest BCUT2D eigenvalue weighted by atomic mass is 32.2. The molecule has 0 saturated carbocycles. The minimum atomic E-state index is -0.709. The molecule has 1 aromatic rings. The molecule has 138 valence electrons. The first-order valence-electron chi connectivity index (χ1n) is 7.72. The lowest BCUT2D eigenvalue weighted by Crippen LogP contribution is -2.30. The fourth-order valence-electron chi connectivity index (χ4n) is 2.11. The van der Waals surface area contributed by atoms with Gasteiger partial charge in [-0.1, -0.05) is 37.0 Å². The van der Waals surface area contributed by atoms with Crippen LogP contribution < -0.4 is 0 Å². The van der Waals surface area contributed by atoms with Gasteiger partial charge >= 0.3 is 11.7 Å². The average Bonchev–Trinajstić information content (AvgIpc) is 2.86. The van der Waals surface area contributed by atoms with Gasteiger partial charge in [-0.15, -0.1) is 0 Å². The average molecular weight is 396 g/mol. The monoisotopic (exact) mass is 396 g/mol. The lowest BCUT2D eigenvalue weighted by atomic mass is 10.1. The number of ether oxygens (including phenoxy) is 1. The zero-order valence-electron chi connectivity index (χ0n) is 13.8. The van der Waals surface area contributed by atoms with E-state index in [4.69, 9.17) is 17.0 Å². The van der Waals surface area contributed by atoms with Crippen LogP contribution in [0.4, 0.5) is 5.69 Å². The van der Waals surface area contributed by atoms with Gasteiger partial charge in [0, 0.05) is 12.6 Å². The van der Waals surface area contributed by atoms with E-state index >= 15 is 0 Å². The van der Waals surface area contributed by atoms with Crippen molar-refractivity contribution in [3.05, 3.63) is 38.8 Å². The zero-order valence-corrected chi connectivity index (χ0v) is 15.5. The van der Waals surface area contributed by atoms with Gasteiger partial charge in [-0.05, 0) is 24.1 Å². The van der Waals surface area contributed by atoms with Crippen molar-refractivity contribution in [1.29, 1.82) is 0 Å². The van der Waals surface area contributed by atoms with Gasteiger partial charge in [-0.3, -0.25) is 24.6 Å². The van der Waals surface area contributed by atoms with Crippen LogP contribution in [0.15, 0.2) is 23.1 Å². The topological polar surface area (TPSA) is 110 Å². The number of hydrogen-bond acceptors (Lipinski definition) is 8. The first-order chi connectivity index (χ1) is 12.3. The number of thioether (sulfide) groups is 1. The molecule has 0 unspecified atom stereocenters. The fraction of sp³-hybridized carbons (Fsp3) is 0.312. The molecular formula is C16H16N2O6S2. The number of benzene rings is 1. The molecule has 1 saturated heterocycles. The van der Waals surface area contributed by atoms with E-state index in [9.17, 15) is 24.8 Å². The Morgan fingerprint density at radius 3 is 2.88 bits per heavy atom. The van der Waals surface area contributed by atoms with Crippen LogP contribution in [0.3, 0.4) is 0 Å². The molecule has 8 nitrogen and oxygen atoms in total. The second-order valence-corrected chi connectivity index (χ2v) is 6.98. The van der Waals surface area contributed by atoms with Gasteiger partial charge in [0.1, 0.15) is 4.32 Å². The van der Waals surface area contributed by atoms with E-state index in [-0.39, 0.29) is 23.8 Å². The maximum absolute atomic E-state index is 12.4. The molecule has 1 fully saturated rings. The summed E-state index contributed by atoms with van der Waals surface area (Å²) in [4.78, 5) is 35.8. The van der Waals surface area contributed by atoms with Gasteiger partial charge in [0.2, 0.25) is 0 Å². The Morgan fingerprint density at radius 1 is 1.50 bits per heavy atom. The van der Waals surface area contributed by atoms with Crippen LogP contribution in [0.1, 0.15) is 25.3 Å². The number of amides is 1. The Labute approximate surface area is 159 Å². The zero-order chi connectivity index (χ0) is 19.3. The molecule has 1 aromatic carbocycles. The summed E-state index contributed by atoms with van der Waals surface area (Å²) in [5, 5.41) is 20.4. The highest BCUT2D eigenvalue weighted by molar-refractivity contribution is 8.26. The number of thiocarbonyl (C=S) groups is 1. The molecule has 0 radical (unpaired) electrons. The number of hydrogen-bond donors (Lipinski definition) is 1. The first-order valence-corrected chi connectivity index (χ1v) is 8.94. The molecule has 0 spiro atoms. The Bertz CT molecular complexity index is 793. The van der Waals surface area contributed by atoms with Gasteiger partial charge in [0.25, 0.3) is 5.91 Å². The van der Waals surface area contributed by atoms with Gasteiger partial charge in [0.05, 0.1) is 22.9 Å². The Balaban J connectivity index is 2.10. The summed E-state index contributed by atoms with van der Waals surface area (Å²) in [7, 11) is 0. The first kappa shape index (κ1) is 19.9. The van der Waals surface area contributed by atoms with Crippen molar-refractivity contribution >= 4 is 51.9 Å². The highest BCUT2D eigenvalue weighted by Gasteiger charge is 2.32. The highest BCUT2D eigenvalue weighted by Crippen LogP contribution is 2.34. The summed E-state index contributed by atoms with van der Waals surface area (Å²) < 4.78 is 5.27. The van der Waals surface area contributed by atoms with Gasteiger partial charge in [-0.25, -0.2) is 0 Å². The molecule has 2 rings (SSSR count). The molecular weight excluding hydrogens is 380 g/mol. The van der Waals surface area contributed by atoms with E-state index in [2.05, 4.69) is 0 Å². The van der Waals surface area contributed by atoms with E-state index < -0.39 is 22.3 Å². The predicted octanol–water partition coefficient (Wildman–Crippen LogP) is 2.84. The van der Waals surface area contributed by atoms with Crippen LogP contribution in [0.25, 0.3) is 6.08 Å². The van der Waals surface area contributed by atoms with Gasteiger partial charge in [-0.2, -0.15) is 0 Å². The van der Waals surface area contributed by atoms with E-state index in [1.807, 2.05) is 6.92 Å². The standard InChI is InChI=1S/C16H16N2O6S2/c1-2-7-24-14(20)5-6-17-15(21)13(26-16(17)25)9-10-3-4-12(19)11(8-10)18(22)23/h3-4,8-9,19H,2,5-7H2,1H3/b13-9-. The third-order valence-corrected chi connectivity index (χ3v) is 4.75. The largest absolute Gasteiger partial charge is 0.502 e. The summed E-state index contributed by atoms with van der Waals surface area (Å²) >= 11 is 6.21. The minimum Gasteiger partial charge on any atom is -0.502 e. The number of nitro benzene ring substituents is 1. The maximum Gasteiger partial charge on any atom is 0.311 e. The number of nitro groups is 1. The van der Waals surface area contributed by atoms with Crippen LogP contribution in [0, 0.1) is 10.1 Å². The lowest BCUT2D eigenvalue weighted by molar-refractivity contribution is -0.385. The second-order valence-electron chi connectivity index (χ2n) is 5.31. The number of phenolic OH excluding ortho intramolecular Hbond substituents is 1. The molecule has 1 heterocycles. The van der Waals surface area contributed by atoms with Crippen LogP contribution in [0.2, 0.25) is 0 Å². The minimum absolute atomic E-state index is 0.0321. The van der Waals surface area contributed by atoms with Crippen molar-refractivity contribution in [3.63, 3.8) is 0 Å². The van der Waals surface area contributed by atoms with Gasteiger partial charge < -0.3 is 9.84 Å². The van der Waals surface area contributed by atoms with Crippen LogP contribution in [-0.4, -0.2) is 44.3 Å². The van der Waals surface area contributed by atoms with Crippen molar-refractivity contribution in [2.75, 3.05) is 13.2 Å². The van der Waals surface area contributed by atoms with E-state index in [0.29, 0.717) is 22.9 Å². The van der Waals surface area contributed by atoms with Crippen molar-refractivity contribution in [2.45, 2.75) is 19.8 Å². The molecule has 10 heteroatoms. The number of esters is 1. The number of carbonyl (C=O) groups is 2. The summed E-state index contributed by atoms with van der Waals surface area (Å²) in [5.74, 6) is -1.23. The number of aromatic hydroxyl groups is 1. The number of rotatable bonds is 7. The molecule has 1 N–H and O–H groups in total. The van der Waals surface area contributed by atoms with Crippen molar-refractivity contribution < 1.29 is 24.4 Å². The van der Waals surface area contributed by atoms with Crippen LogP contribution in [-0.2, 0) is 14.3 Å². The SMILES string of the molecule is CCCOC(=O)CCN1C(=O)/C(=C/c2ccc(O)c([N+](=O)[O-])c2)SC1=S. The molecule has 26 heavy (non-hydrogen) atoms. The quantitative estimate of drug-likeness (QED) is 0.246. The lowest BCUT2D eigenvalue weighted by Gasteiger charge is -2.13. The van der Waals surface area contributed by atoms with Crippen LogP contribution in [0.5, 0.6) is 5.75 Å².